The number of aromatic nitrogens is 2. The molecule has 3 aromatic carbocycles. The molecule has 0 aliphatic rings. The van der Waals surface area contributed by atoms with Crippen molar-refractivity contribution in [3.8, 4) is 11.5 Å². The zero-order valence-corrected chi connectivity index (χ0v) is 25.7. The first-order valence-corrected chi connectivity index (χ1v) is 17.8. The van der Waals surface area contributed by atoms with E-state index in [1.807, 2.05) is 67.6 Å². The Balaban J connectivity index is 1.58. The van der Waals surface area contributed by atoms with E-state index < -0.39 is 18.3 Å². The van der Waals surface area contributed by atoms with E-state index in [4.69, 9.17) is 13.8 Å². The summed E-state index contributed by atoms with van der Waals surface area (Å²) in [5, 5.41) is 0.945. The van der Waals surface area contributed by atoms with Gasteiger partial charge >= 0.3 is 0 Å². The maximum Gasteiger partial charge on any atom is 0.268 e. The molecule has 0 saturated heterocycles. The van der Waals surface area contributed by atoms with Gasteiger partial charge in [0.2, 0.25) is 5.89 Å². The third kappa shape index (κ3) is 5.44. The van der Waals surface area contributed by atoms with Crippen molar-refractivity contribution in [3.05, 3.63) is 108 Å². The van der Waals surface area contributed by atoms with Gasteiger partial charge in [0.05, 0.1) is 22.7 Å². The van der Waals surface area contributed by atoms with E-state index in [9.17, 15) is 8.42 Å². The van der Waals surface area contributed by atoms with Crippen molar-refractivity contribution in [2.75, 3.05) is 0 Å². The van der Waals surface area contributed by atoms with Gasteiger partial charge in [-0.15, -0.1) is 0 Å². The highest BCUT2D eigenvalue weighted by Gasteiger charge is 2.37. The number of oxazole rings is 1. The molecule has 0 aliphatic carbocycles. The Morgan fingerprint density at radius 1 is 0.925 bits per heavy atom. The Hall–Kier alpha value is -3.46. The molecule has 0 fully saturated rings. The number of nitrogens with zero attached hydrogens (tertiary/aromatic N) is 2. The molecule has 0 aliphatic heterocycles. The topological polar surface area (TPSA) is 74.3 Å². The molecular weight excluding hydrogens is 537 g/mol. The predicted molar refractivity (Wildman–Crippen MR) is 162 cm³/mol. The number of hydrogen-bond acceptors (Lipinski definition) is 5. The van der Waals surface area contributed by atoms with Crippen LogP contribution in [0.4, 0.5) is 0 Å². The molecule has 0 radical (unpaired) electrons. The number of rotatable bonds is 8. The molecule has 8 heteroatoms. The van der Waals surface area contributed by atoms with Gasteiger partial charge in [0.1, 0.15) is 5.76 Å². The highest BCUT2D eigenvalue weighted by Crippen LogP contribution is 2.37. The summed E-state index contributed by atoms with van der Waals surface area (Å²) in [5.74, 6) is 1.18. The summed E-state index contributed by atoms with van der Waals surface area (Å²) >= 11 is 0. The zero-order valence-electron chi connectivity index (χ0n) is 23.9. The van der Waals surface area contributed by atoms with E-state index in [1.54, 1.807) is 24.3 Å². The highest BCUT2D eigenvalue weighted by atomic mass is 32.2. The highest BCUT2D eigenvalue weighted by molar-refractivity contribution is 7.90. The Kier molecular flexibility index (Phi) is 7.37. The van der Waals surface area contributed by atoms with Gasteiger partial charge in [-0.05, 0) is 73.1 Å². The van der Waals surface area contributed by atoms with Crippen molar-refractivity contribution in [2.24, 2.45) is 0 Å². The zero-order chi connectivity index (χ0) is 28.7. The molecule has 5 rings (SSSR count). The summed E-state index contributed by atoms with van der Waals surface area (Å²) < 4.78 is 41.9. The van der Waals surface area contributed by atoms with Crippen molar-refractivity contribution >= 4 is 29.2 Å². The van der Waals surface area contributed by atoms with Crippen LogP contribution in [0.1, 0.15) is 43.5 Å². The van der Waals surface area contributed by atoms with Crippen LogP contribution in [-0.4, -0.2) is 25.7 Å². The minimum Gasteiger partial charge on any atom is -0.441 e. The summed E-state index contributed by atoms with van der Waals surface area (Å²) in [5.41, 5.74) is 3.84. The van der Waals surface area contributed by atoms with Crippen molar-refractivity contribution in [1.82, 2.24) is 8.96 Å². The largest absolute Gasteiger partial charge is 0.441 e. The summed E-state index contributed by atoms with van der Waals surface area (Å²) in [6.45, 7) is 13.5. The van der Waals surface area contributed by atoms with E-state index in [0.29, 0.717) is 41.6 Å². The van der Waals surface area contributed by atoms with Gasteiger partial charge in [-0.2, -0.15) is 0 Å². The first-order chi connectivity index (χ1) is 18.9. The summed E-state index contributed by atoms with van der Waals surface area (Å²) in [6, 6.07) is 26.1. The van der Waals surface area contributed by atoms with Gasteiger partial charge in [-0.25, -0.2) is 17.4 Å². The molecule has 0 unspecified atom stereocenters. The van der Waals surface area contributed by atoms with Crippen LogP contribution in [0.2, 0.25) is 18.1 Å². The fourth-order valence-corrected chi connectivity index (χ4v) is 6.96. The van der Waals surface area contributed by atoms with Crippen LogP contribution in [0, 0.1) is 6.92 Å². The smallest absolute Gasteiger partial charge is 0.268 e. The first kappa shape index (κ1) is 28.1. The number of aryl methyl sites for hydroxylation is 1. The van der Waals surface area contributed by atoms with Crippen molar-refractivity contribution in [1.29, 1.82) is 0 Å². The Morgan fingerprint density at radius 3 is 2.23 bits per heavy atom. The molecule has 0 spiro atoms. The van der Waals surface area contributed by atoms with Gasteiger partial charge in [0.25, 0.3) is 10.0 Å². The molecule has 2 heterocycles. The van der Waals surface area contributed by atoms with E-state index in [0.717, 1.165) is 16.5 Å². The van der Waals surface area contributed by atoms with Crippen LogP contribution in [0.25, 0.3) is 22.4 Å². The second-order valence-corrected chi connectivity index (χ2v) is 18.3. The lowest BCUT2D eigenvalue weighted by Gasteiger charge is -2.36. The molecule has 0 atom stereocenters. The molecule has 6 nitrogen and oxygen atoms in total. The van der Waals surface area contributed by atoms with Crippen molar-refractivity contribution in [2.45, 2.75) is 63.8 Å². The fourth-order valence-electron chi connectivity index (χ4n) is 4.44. The van der Waals surface area contributed by atoms with Gasteiger partial charge < -0.3 is 8.84 Å². The van der Waals surface area contributed by atoms with E-state index in [-0.39, 0.29) is 9.93 Å². The molecule has 0 saturated carbocycles. The van der Waals surface area contributed by atoms with Crippen molar-refractivity contribution in [3.63, 3.8) is 0 Å². The molecule has 5 aromatic rings. The quantitative estimate of drug-likeness (QED) is 0.176. The average Bonchev–Trinajstić information content (AvgIpc) is 3.47. The van der Waals surface area contributed by atoms with Crippen LogP contribution in [0.5, 0.6) is 0 Å². The second kappa shape index (κ2) is 10.5. The molecule has 0 bridgehead atoms. The molecule has 0 N–H and O–H groups in total. The monoisotopic (exact) mass is 572 g/mol. The van der Waals surface area contributed by atoms with Crippen LogP contribution in [0.3, 0.4) is 0 Å². The summed E-state index contributed by atoms with van der Waals surface area (Å²) in [4.78, 5) is 4.99. The van der Waals surface area contributed by atoms with Gasteiger partial charge in [-0.1, -0.05) is 63.2 Å². The Morgan fingerprint density at radius 2 is 1.57 bits per heavy atom. The maximum absolute atomic E-state index is 14.0. The van der Waals surface area contributed by atoms with Crippen LogP contribution >= 0.6 is 0 Å². The van der Waals surface area contributed by atoms with Crippen LogP contribution in [0.15, 0.2) is 94.2 Å². The minimum atomic E-state index is -3.87. The van der Waals surface area contributed by atoms with E-state index in [2.05, 4.69) is 33.9 Å². The predicted octanol–water partition coefficient (Wildman–Crippen LogP) is 7.95. The number of fused-ring (bicyclic) bond motifs is 1. The third-order valence-corrected chi connectivity index (χ3v) is 14.1. The average molecular weight is 573 g/mol. The van der Waals surface area contributed by atoms with Gasteiger partial charge in [-0.3, -0.25) is 0 Å². The Bertz CT molecular complexity index is 1750. The number of benzene rings is 3. The Labute approximate surface area is 237 Å². The number of hydrogen-bond donors (Lipinski definition) is 0. The molecular formula is C32H36N2O4SSi. The molecule has 2 aromatic heterocycles. The molecule has 40 heavy (non-hydrogen) atoms. The lowest BCUT2D eigenvalue weighted by molar-refractivity contribution is 0.276. The van der Waals surface area contributed by atoms with Crippen molar-refractivity contribution < 1.29 is 17.3 Å². The normalized spacial score (nSPS) is 12.8. The minimum absolute atomic E-state index is 0.103. The van der Waals surface area contributed by atoms with Crippen LogP contribution in [-0.2, 0) is 27.5 Å². The second-order valence-electron chi connectivity index (χ2n) is 11.7. The van der Waals surface area contributed by atoms with Gasteiger partial charge in [0, 0.05) is 23.1 Å². The molecule has 208 valence electrons. The summed E-state index contributed by atoms with van der Waals surface area (Å²) in [6.07, 6.45) is 0.304. The third-order valence-electron chi connectivity index (χ3n) is 7.84. The fraction of sp³-hybridized carbons (Fsp3) is 0.281. The maximum atomic E-state index is 14.0. The molecule has 0 amide bonds. The standard InChI is InChI=1S/C32H36N2O4SSi/c1-23-29(33-31(38-23)25-13-9-7-10-14-25)21-27-20-26-19-24(22-37-40(5,6)32(2,3)4)17-18-30(26)34(27)39(35,36)28-15-11-8-12-16-28/h7-20H,21-22H2,1-6H3. The first-order valence-electron chi connectivity index (χ1n) is 13.5. The van der Waals surface area contributed by atoms with Crippen LogP contribution < -0.4 is 0 Å². The van der Waals surface area contributed by atoms with E-state index in [1.165, 1.54) is 3.97 Å². The lowest BCUT2D eigenvalue weighted by atomic mass is 10.1. The van der Waals surface area contributed by atoms with E-state index >= 15 is 0 Å². The van der Waals surface area contributed by atoms with Gasteiger partial charge in [0.15, 0.2) is 8.32 Å². The lowest BCUT2D eigenvalue weighted by Crippen LogP contribution is -2.40. The summed E-state index contributed by atoms with van der Waals surface area (Å²) in [7, 11) is -5.80. The SMILES string of the molecule is Cc1oc(-c2ccccc2)nc1Cc1cc2cc(CO[Si](C)(C)C(C)(C)C)ccc2n1S(=O)(=O)c1ccccc1.